The molecule has 14 heavy (non-hydrogen) atoms. The molecule has 2 N–H and O–H groups in total. The Morgan fingerprint density at radius 2 is 2.07 bits per heavy atom. The Kier molecular flexibility index (Phi) is 3.41. The number of carbonyl (C=O) groups is 1. The first-order chi connectivity index (χ1) is 6.57. The van der Waals surface area contributed by atoms with Gasteiger partial charge in [0.15, 0.2) is 5.76 Å². The van der Waals surface area contributed by atoms with Crippen LogP contribution in [-0.4, -0.2) is 28.3 Å². The molecule has 0 aromatic heterocycles. The molecule has 1 aliphatic rings. The lowest BCUT2D eigenvalue weighted by Gasteiger charge is -2.19. The summed E-state index contributed by atoms with van der Waals surface area (Å²) in [5, 5.41) is 18.1. The Morgan fingerprint density at radius 1 is 1.43 bits per heavy atom. The number of hydrogen-bond acceptors (Lipinski definition) is 4. The normalized spacial score (nSPS) is 22.6. The Morgan fingerprint density at radius 3 is 2.64 bits per heavy atom. The van der Waals surface area contributed by atoms with Crippen LogP contribution in [0.4, 0.5) is 0 Å². The zero-order valence-corrected chi connectivity index (χ0v) is 8.45. The molecule has 0 saturated carbocycles. The molecule has 1 aliphatic heterocycles. The number of nitrogens with zero attached hydrogens (tertiary/aromatic N) is 1. The third kappa shape index (κ3) is 2.01. The molecule has 0 bridgehead atoms. The van der Waals surface area contributed by atoms with Crippen LogP contribution in [0, 0.1) is 5.92 Å². The van der Waals surface area contributed by atoms with Gasteiger partial charge in [-0.25, -0.2) is 0 Å². The zero-order chi connectivity index (χ0) is 10.7. The highest BCUT2D eigenvalue weighted by Gasteiger charge is 2.29. The third-order valence-corrected chi connectivity index (χ3v) is 2.39. The zero-order valence-electron chi connectivity index (χ0n) is 8.45. The van der Waals surface area contributed by atoms with Crippen molar-refractivity contribution in [2.75, 3.05) is 6.61 Å². The maximum Gasteiger partial charge on any atom is 0.207 e. The second-order valence-corrected chi connectivity index (χ2v) is 3.47. The molecule has 0 aromatic rings. The highest BCUT2D eigenvalue weighted by atomic mass is 16.3. The molecule has 1 atom stereocenters. The van der Waals surface area contributed by atoms with Gasteiger partial charge < -0.3 is 10.2 Å². The van der Waals surface area contributed by atoms with Crippen molar-refractivity contribution in [3.05, 3.63) is 11.5 Å². The fourth-order valence-corrected chi connectivity index (χ4v) is 1.56. The van der Waals surface area contributed by atoms with Crippen LogP contribution >= 0.6 is 0 Å². The van der Waals surface area contributed by atoms with Gasteiger partial charge in [-0.05, 0) is 26.7 Å². The molecule has 0 fully saturated rings. The standard InChI is InChI=1S/C10H15NO3/c1-6-8(4-3-5-12)10(14)9(13)7(2)11-6/h8,12-13H,3-5H2,1-2H3. The molecule has 1 heterocycles. The predicted octanol–water partition coefficient (Wildman–Crippen LogP) is 1.21. The first-order valence-electron chi connectivity index (χ1n) is 4.68. The van der Waals surface area contributed by atoms with Gasteiger partial charge in [0.2, 0.25) is 5.78 Å². The maximum absolute atomic E-state index is 11.6. The summed E-state index contributed by atoms with van der Waals surface area (Å²) in [6.45, 7) is 3.44. The van der Waals surface area contributed by atoms with E-state index >= 15 is 0 Å². The van der Waals surface area contributed by atoms with Gasteiger partial charge in [-0.3, -0.25) is 9.79 Å². The highest BCUT2D eigenvalue weighted by Crippen LogP contribution is 2.22. The number of aliphatic imine (C=N–C) groups is 1. The van der Waals surface area contributed by atoms with E-state index in [-0.39, 0.29) is 24.1 Å². The Balaban J connectivity index is 2.82. The molecule has 0 aromatic carbocycles. The first-order valence-corrected chi connectivity index (χ1v) is 4.68. The van der Waals surface area contributed by atoms with Crippen molar-refractivity contribution >= 4 is 11.5 Å². The van der Waals surface area contributed by atoms with Crippen molar-refractivity contribution in [2.24, 2.45) is 10.9 Å². The second kappa shape index (κ2) is 4.37. The largest absolute Gasteiger partial charge is 0.503 e. The van der Waals surface area contributed by atoms with Crippen LogP contribution in [0.5, 0.6) is 0 Å². The van der Waals surface area contributed by atoms with Gasteiger partial charge in [0, 0.05) is 12.3 Å². The summed E-state index contributed by atoms with van der Waals surface area (Å²) in [6, 6.07) is 0. The smallest absolute Gasteiger partial charge is 0.207 e. The molecule has 0 aliphatic carbocycles. The molecular formula is C10H15NO3. The summed E-state index contributed by atoms with van der Waals surface area (Å²) in [5.41, 5.74) is 1.10. The van der Waals surface area contributed by atoms with Crippen molar-refractivity contribution in [1.82, 2.24) is 0 Å². The number of hydrogen-bond donors (Lipinski definition) is 2. The molecule has 0 saturated heterocycles. The highest BCUT2D eigenvalue weighted by molar-refractivity contribution is 6.12. The summed E-state index contributed by atoms with van der Waals surface area (Å²) < 4.78 is 0. The van der Waals surface area contributed by atoms with E-state index in [1.807, 2.05) is 0 Å². The summed E-state index contributed by atoms with van der Waals surface area (Å²) >= 11 is 0. The van der Waals surface area contributed by atoms with Gasteiger partial charge >= 0.3 is 0 Å². The van der Waals surface area contributed by atoms with Crippen LogP contribution in [0.15, 0.2) is 16.4 Å². The van der Waals surface area contributed by atoms with Gasteiger partial charge in [-0.1, -0.05) is 0 Å². The maximum atomic E-state index is 11.6. The summed E-state index contributed by atoms with van der Waals surface area (Å²) in [5.74, 6) is -0.868. The van der Waals surface area contributed by atoms with Gasteiger partial charge in [-0.2, -0.15) is 0 Å². The number of aliphatic hydroxyl groups is 2. The minimum Gasteiger partial charge on any atom is -0.503 e. The first kappa shape index (κ1) is 10.9. The SMILES string of the molecule is CC1=NC(C)=C(O)C(=O)C1CCCO. The van der Waals surface area contributed by atoms with Gasteiger partial charge in [0.05, 0.1) is 11.6 Å². The van der Waals surface area contributed by atoms with E-state index in [1.54, 1.807) is 13.8 Å². The van der Waals surface area contributed by atoms with Crippen LogP contribution in [0.3, 0.4) is 0 Å². The number of carbonyl (C=O) groups excluding carboxylic acids is 1. The second-order valence-electron chi connectivity index (χ2n) is 3.47. The Hall–Kier alpha value is -1.16. The van der Waals surface area contributed by atoms with Crippen LogP contribution in [0.25, 0.3) is 0 Å². The van der Waals surface area contributed by atoms with E-state index in [1.165, 1.54) is 0 Å². The molecule has 4 heteroatoms. The number of Topliss-reactive ketones (excluding diaryl/α,β-unsaturated/α-hetero) is 1. The van der Waals surface area contributed by atoms with E-state index in [2.05, 4.69) is 4.99 Å². The van der Waals surface area contributed by atoms with E-state index < -0.39 is 0 Å². The van der Waals surface area contributed by atoms with Gasteiger partial charge in [0.1, 0.15) is 0 Å². The summed E-state index contributed by atoms with van der Waals surface area (Å²) in [6.07, 6.45) is 1.09. The Labute approximate surface area is 83.0 Å². The number of aliphatic hydroxyl groups excluding tert-OH is 2. The minimum atomic E-state index is -0.356. The molecule has 78 valence electrons. The van der Waals surface area contributed by atoms with Crippen LogP contribution in [-0.2, 0) is 4.79 Å². The van der Waals surface area contributed by atoms with E-state index in [0.717, 1.165) is 5.71 Å². The Bertz CT molecular complexity index is 302. The van der Waals surface area contributed by atoms with Gasteiger partial charge in [-0.15, -0.1) is 0 Å². The predicted molar refractivity (Wildman–Crippen MR) is 53.3 cm³/mol. The topological polar surface area (TPSA) is 69.9 Å². The summed E-state index contributed by atoms with van der Waals surface area (Å²) in [4.78, 5) is 15.7. The van der Waals surface area contributed by atoms with Crippen LogP contribution < -0.4 is 0 Å². The summed E-state index contributed by atoms with van der Waals surface area (Å²) in [7, 11) is 0. The molecule has 0 spiro atoms. The third-order valence-electron chi connectivity index (χ3n) is 2.39. The van der Waals surface area contributed by atoms with Crippen LogP contribution in [0.2, 0.25) is 0 Å². The molecule has 1 rings (SSSR count). The number of rotatable bonds is 3. The van der Waals surface area contributed by atoms with E-state index in [9.17, 15) is 9.90 Å². The van der Waals surface area contributed by atoms with Gasteiger partial charge in [0.25, 0.3) is 0 Å². The van der Waals surface area contributed by atoms with Crippen molar-refractivity contribution < 1.29 is 15.0 Å². The minimum absolute atomic E-state index is 0.0561. The number of allylic oxidation sites excluding steroid dienone is 2. The van der Waals surface area contributed by atoms with Crippen LogP contribution in [0.1, 0.15) is 26.7 Å². The monoisotopic (exact) mass is 197 g/mol. The molecule has 0 radical (unpaired) electrons. The fraction of sp³-hybridized carbons (Fsp3) is 0.600. The molecule has 4 nitrogen and oxygen atoms in total. The average molecular weight is 197 g/mol. The van der Waals surface area contributed by atoms with E-state index in [4.69, 9.17) is 5.11 Å². The van der Waals surface area contributed by atoms with Crippen molar-refractivity contribution in [1.29, 1.82) is 0 Å². The molecule has 1 unspecified atom stereocenters. The lowest BCUT2D eigenvalue weighted by molar-refractivity contribution is -0.120. The lowest BCUT2D eigenvalue weighted by atomic mass is 9.90. The van der Waals surface area contributed by atoms with E-state index in [0.29, 0.717) is 18.5 Å². The lowest BCUT2D eigenvalue weighted by Crippen LogP contribution is -2.28. The van der Waals surface area contributed by atoms with Crippen molar-refractivity contribution in [3.63, 3.8) is 0 Å². The van der Waals surface area contributed by atoms with Crippen molar-refractivity contribution in [3.8, 4) is 0 Å². The molecule has 0 amide bonds. The van der Waals surface area contributed by atoms with Crippen molar-refractivity contribution in [2.45, 2.75) is 26.7 Å². The quantitative estimate of drug-likeness (QED) is 0.714. The average Bonchev–Trinajstić information content (AvgIpc) is 2.14. The number of ketones is 1. The fourth-order valence-electron chi connectivity index (χ4n) is 1.56. The molecular weight excluding hydrogens is 182 g/mol.